The molecule has 3 rings (SSSR count). The minimum absolute atomic E-state index is 0.863. The molecule has 0 spiro atoms. The summed E-state index contributed by atoms with van der Waals surface area (Å²) in [6, 6.07) is 14.7. The number of hydrogen-bond donors (Lipinski definition) is 2. The first-order chi connectivity index (χ1) is 9.76. The highest BCUT2D eigenvalue weighted by molar-refractivity contribution is 5.75. The molecule has 0 unspecified atom stereocenters. The standard InChI is InChI=1S/C16H18N4/c1-17-13-4-3-5-14(9-13)20(2)10-12-6-7-15-16(8-12)19-11-18-15/h3-9,11,17H,10H2,1-2H3,(H,18,19). The number of nitrogens with one attached hydrogen (secondary N) is 2. The van der Waals surface area contributed by atoms with Gasteiger partial charge in [-0.2, -0.15) is 0 Å². The van der Waals surface area contributed by atoms with E-state index >= 15 is 0 Å². The first kappa shape index (κ1) is 12.5. The van der Waals surface area contributed by atoms with Crippen LogP contribution in [0.2, 0.25) is 0 Å². The molecule has 0 bridgehead atoms. The Bertz CT molecular complexity index is 717. The molecule has 4 nitrogen and oxygen atoms in total. The topological polar surface area (TPSA) is 44.0 Å². The van der Waals surface area contributed by atoms with E-state index in [1.807, 2.05) is 7.05 Å². The van der Waals surface area contributed by atoms with Gasteiger partial charge >= 0.3 is 0 Å². The van der Waals surface area contributed by atoms with E-state index in [4.69, 9.17) is 0 Å². The lowest BCUT2D eigenvalue weighted by molar-refractivity contribution is 0.924. The van der Waals surface area contributed by atoms with Crippen molar-refractivity contribution in [3.05, 3.63) is 54.4 Å². The number of imidazole rings is 1. The van der Waals surface area contributed by atoms with E-state index in [0.717, 1.165) is 23.3 Å². The molecule has 0 aliphatic rings. The largest absolute Gasteiger partial charge is 0.388 e. The fourth-order valence-electron chi connectivity index (χ4n) is 2.35. The van der Waals surface area contributed by atoms with Gasteiger partial charge in [0.05, 0.1) is 17.4 Å². The average molecular weight is 266 g/mol. The molecule has 0 aliphatic carbocycles. The fourth-order valence-corrected chi connectivity index (χ4v) is 2.35. The third-order valence-corrected chi connectivity index (χ3v) is 3.48. The predicted octanol–water partition coefficient (Wildman–Crippen LogP) is 3.24. The molecular weight excluding hydrogens is 248 g/mol. The molecule has 2 N–H and O–H groups in total. The van der Waals surface area contributed by atoms with E-state index < -0.39 is 0 Å². The van der Waals surface area contributed by atoms with Gasteiger partial charge in [0.25, 0.3) is 0 Å². The van der Waals surface area contributed by atoms with Crippen LogP contribution in [0.4, 0.5) is 11.4 Å². The number of anilines is 2. The monoisotopic (exact) mass is 266 g/mol. The van der Waals surface area contributed by atoms with Crippen LogP contribution < -0.4 is 10.2 Å². The van der Waals surface area contributed by atoms with Gasteiger partial charge in [0.1, 0.15) is 0 Å². The first-order valence-corrected chi connectivity index (χ1v) is 6.67. The molecular formula is C16H18N4. The van der Waals surface area contributed by atoms with E-state index in [-0.39, 0.29) is 0 Å². The summed E-state index contributed by atoms with van der Waals surface area (Å²) < 4.78 is 0. The molecule has 0 aliphatic heterocycles. The fraction of sp³-hybridized carbons (Fsp3) is 0.188. The minimum atomic E-state index is 0.863. The van der Waals surface area contributed by atoms with Gasteiger partial charge in [0, 0.05) is 32.0 Å². The Morgan fingerprint density at radius 1 is 1.20 bits per heavy atom. The zero-order valence-electron chi connectivity index (χ0n) is 11.7. The maximum atomic E-state index is 4.24. The summed E-state index contributed by atoms with van der Waals surface area (Å²) in [7, 11) is 4.04. The Balaban J connectivity index is 1.81. The van der Waals surface area contributed by atoms with E-state index in [1.165, 1.54) is 11.3 Å². The summed E-state index contributed by atoms with van der Waals surface area (Å²) in [5.41, 5.74) is 5.67. The van der Waals surface area contributed by atoms with E-state index in [9.17, 15) is 0 Å². The van der Waals surface area contributed by atoms with Crippen LogP contribution in [0.25, 0.3) is 11.0 Å². The van der Waals surface area contributed by atoms with Crippen LogP contribution in [-0.4, -0.2) is 24.1 Å². The number of H-pyrrole nitrogens is 1. The maximum absolute atomic E-state index is 4.24. The normalized spacial score (nSPS) is 10.7. The first-order valence-electron chi connectivity index (χ1n) is 6.67. The highest BCUT2D eigenvalue weighted by Crippen LogP contribution is 2.20. The SMILES string of the molecule is CNc1cccc(N(C)Cc2ccc3nc[nH]c3c2)c1. The van der Waals surface area contributed by atoms with Crippen LogP contribution in [0.15, 0.2) is 48.8 Å². The molecule has 1 heterocycles. The van der Waals surface area contributed by atoms with Crippen molar-refractivity contribution < 1.29 is 0 Å². The van der Waals surface area contributed by atoms with Crippen molar-refractivity contribution >= 4 is 22.4 Å². The highest BCUT2D eigenvalue weighted by atomic mass is 15.1. The zero-order chi connectivity index (χ0) is 13.9. The number of benzene rings is 2. The third-order valence-electron chi connectivity index (χ3n) is 3.48. The van der Waals surface area contributed by atoms with Gasteiger partial charge < -0.3 is 15.2 Å². The minimum Gasteiger partial charge on any atom is -0.388 e. The molecule has 4 heteroatoms. The third kappa shape index (κ3) is 2.45. The second-order valence-electron chi connectivity index (χ2n) is 4.91. The number of fused-ring (bicyclic) bond motifs is 1. The molecule has 1 aromatic heterocycles. The van der Waals surface area contributed by atoms with Crippen molar-refractivity contribution in [2.24, 2.45) is 0 Å². The van der Waals surface area contributed by atoms with Gasteiger partial charge in [-0.3, -0.25) is 0 Å². The maximum Gasteiger partial charge on any atom is 0.0931 e. The van der Waals surface area contributed by atoms with Crippen LogP contribution in [0.3, 0.4) is 0 Å². The highest BCUT2D eigenvalue weighted by Gasteiger charge is 2.04. The van der Waals surface area contributed by atoms with E-state index in [0.29, 0.717) is 0 Å². The summed E-state index contributed by atoms with van der Waals surface area (Å²) in [5.74, 6) is 0. The molecule has 102 valence electrons. The Kier molecular flexibility index (Phi) is 3.29. The quantitative estimate of drug-likeness (QED) is 0.762. The van der Waals surface area contributed by atoms with Crippen molar-refractivity contribution in [2.45, 2.75) is 6.54 Å². The van der Waals surface area contributed by atoms with Crippen molar-refractivity contribution in [1.82, 2.24) is 9.97 Å². The molecule has 0 radical (unpaired) electrons. The second kappa shape index (κ2) is 5.25. The number of aromatic nitrogens is 2. The average Bonchev–Trinajstić information content (AvgIpc) is 2.95. The van der Waals surface area contributed by atoms with Crippen molar-refractivity contribution in [3.8, 4) is 0 Å². The van der Waals surface area contributed by atoms with Gasteiger partial charge in [0.15, 0.2) is 0 Å². The van der Waals surface area contributed by atoms with Crippen molar-refractivity contribution in [1.29, 1.82) is 0 Å². The Hall–Kier alpha value is -2.49. The Morgan fingerprint density at radius 2 is 2.10 bits per heavy atom. The Labute approximate surface area is 118 Å². The lowest BCUT2D eigenvalue weighted by Crippen LogP contribution is -2.16. The smallest absolute Gasteiger partial charge is 0.0931 e. The van der Waals surface area contributed by atoms with Gasteiger partial charge in [-0.25, -0.2) is 4.98 Å². The summed E-state index contributed by atoms with van der Waals surface area (Å²) in [5, 5.41) is 3.17. The molecule has 0 amide bonds. The van der Waals surface area contributed by atoms with Crippen LogP contribution in [0.1, 0.15) is 5.56 Å². The lowest BCUT2D eigenvalue weighted by atomic mass is 10.1. The van der Waals surface area contributed by atoms with Crippen molar-refractivity contribution in [3.63, 3.8) is 0 Å². The Morgan fingerprint density at radius 3 is 2.95 bits per heavy atom. The molecule has 3 aromatic rings. The van der Waals surface area contributed by atoms with Crippen LogP contribution in [0.5, 0.6) is 0 Å². The van der Waals surface area contributed by atoms with Gasteiger partial charge in [-0.1, -0.05) is 12.1 Å². The summed E-state index contributed by atoms with van der Waals surface area (Å²) in [6.45, 7) is 0.863. The predicted molar refractivity (Wildman–Crippen MR) is 84.2 cm³/mol. The second-order valence-corrected chi connectivity index (χ2v) is 4.91. The van der Waals surface area contributed by atoms with E-state index in [2.05, 4.69) is 69.7 Å². The number of aromatic amines is 1. The van der Waals surface area contributed by atoms with Gasteiger partial charge in [-0.05, 0) is 35.9 Å². The number of nitrogens with zero attached hydrogens (tertiary/aromatic N) is 2. The molecule has 0 saturated heterocycles. The van der Waals surface area contributed by atoms with Crippen LogP contribution in [-0.2, 0) is 6.54 Å². The van der Waals surface area contributed by atoms with E-state index in [1.54, 1.807) is 6.33 Å². The molecule has 20 heavy (non-hydrogen) atoms. The number of hydrogen-bond acceptors (Lipinski definition) is 3. The summed E-state index contributed by atoms with van der Waals surface area (Å²) >= 11 is 0. The van der Waals surface area contributed by atoms with Crippen LogP contribution in [0, 0.1) is 0 Å². The number of rotatable bonds is 4. The van der Waals surface area contributed by atoms with Gasteiger partial charge in [-0.15, -0.1) is 0 Å². The van der Waals surface area contributed by atoms with Crippen molar-refractivity contribution in [2.75, 3.05) is 24.3 Å². The zero-order valence-corrected chi connectivity index (χ0v) is 11.7. The molecule has 0 fully saturated rings. The van der Waals surface area contributed by atoms with Crippen LogP contribution >= 0.6 is 0 Å². The molecule has 0 atom stereocenters. The lowest BCUT2D eigenvalue weighted by Gasteiger charge is -2.20. The summed E-state index contributed by atoms with van der Waals surface area (Å²) in [4.78, 5) is 9.63. The summed E-state index contributed by atoms with van der Waals surface area (Å²) in [6.07, 6.45) is 1.73. The van der Waals surface area contributed by atoms with Gasteiger partial charge in [0.2, 0.25) is 0 Å². The molecule has 0 saturated carbocycles. The molecule has 2 aromatic carbocycles.